The summed E-state index contributed by atoms with van der Waals surface area (Å²) in [6.07, 6.45) is 3.55. The topological polar surface area (TPSA) is 66.0 Å². The highest BCUT2D eigenvalue weighted by Gasteiger charge is 2.38. The van der Waals surface area contributed by atoms with E-state index in [4.69, 9.17) is 18.5 Å². The summed E-state index contributed by atoms with van der Waals surface area (Å²) < 4.78 is 36.8. The summed E-state index contributed by atoms with van der Waals surface area (Å²) in [6.45, 7) is 5.11. The second kappa shape index (κ2) is 10.7. The SMILES string of the molecule is CCCCOP(=O)(OCCCC)[C@H](Nc1ccccc1)c1ccc2c(c1)OCO2. The molecule has 29 heavy (non-hydrogen) atoms. The van der Waals surface area contributed by atoms with Gasteiger partial charge in [0.1, 0.15) is 0 Å². The Hall–Kier alpha value is -2.01. The van der Waals surface area contributed by atoms with Gasteiger partial charge in [0.15, 0.2) is 17.3 Å². The molecule has 158 valence electrons. The molecule has 0 aliphatic carbocycles. The van der Waals surface area contributed by atoms with E-state index in [0.29, 0.717) is 24.7 Å². The number of benzene rings is 2. The van der Waals surface area contributed by atoms with Gasteiger partial charge in [0.25, 0.3) is 0 Å². The predicted octanol–water partition coefficient (Wildman–Crippen LogP) is 6.35. The summed E-state index contributed by atoms with van der Waals surface area (Å²) in [5.74, 6) is 0.657. The maximum Gasteiger partial charge on any atom is 0.357 e. The minimum Gasteiger partial charge on any atom is -0.454 e. The lowest BCUT2D eigenvalue weighted by Crippen LogP contribution is -2.16. The van der Waals surface area contributed by atoms with Gasteiger partial charge in [-0.25, -0.2) is 0 Å². The van der Waals surface area contributed by atoms with E-state index in [1.165, 1.54) is 0 Å². The largest absolute Gasteiger partial charge is 0.454 e. The Kier molecular flexibility index (Phi) is 7.99. The Balaban J connectivity index is 1.94. The molecule has 1 atom stereocenters. The highest BCUT2D eigenvalue weighted by molar-refractivity contribution is 7.54. The predicted molar refractivity (Wildman–Crippen MR) is 115 cm³/mol. The fourth-order valence-corrected chi connectivity index (χ4v) is 4.95. The molecule has 6 nitrogen and oxygen atoms in total. The van der Waals surface area contributed by atoms with E-state index < -0.39 is 13.4 Å². The smallest absolute Gasteiger partial charge is 0.357 e. The van der Waals surface area contributed by atoms with E-state index in [-0.39, 0.29) is 6.79 Å². The van der Waals surface area contributed by atoms with E-state index >= 15 is 0 Å². The van der Waals surface area contributed by atoms with Gasteiger partial charge < -0.3 is 23.8 Å². The number of rotatable bonds is 12. The van der Waals surface area contributed by atoms with Crippen molar-refractivity contribution in [3.63, 3.8) is 0 Å². The normalized spacial score (nSPS) is 14.0. The van der Waals surface area contributed by atoms with Crippen LogP contribution in [0.4, 0.5) is 5.69 Å². The lowest BCUT2D eigenvalue weighted by atomic mass is 10.2. The van der Waals surface area contributed by atoms with Crippen LogP contribution in [0.25, 0.3) is 0 Å². The van der Waals surface area contributed by atoms with Gasteiger partial charge in [0, 0.05) is 5.69 Å². The van der Waals surface area contributed by atoms with Gasteiger partial charge in [0.2, 0.25) is 6.79 Å². The number of unbranched alkanes of at least 4 members (excludes halogenated alkanes) is 2. The summed E-state index contributed by atoms with van der Waals surface area (Å²) >= 11 is 0. The molecule has 0 radical (unpaired) electrons. The number of para-hydroxylation sites is 1. The van der Waals surface area contributed by atoms with Gasteiger partial charge in [-0.15, -0.1) is 0 Å². The molecule has 2 aromatic rings. The highest BCUT2D eigenvalue weighted by atomic mass is 31.2. The molecule has 1 aliphatic heterocycles. The van der Waals surface area contributed by atoms with Crippen LogP contribution in [0, 0.1) is 0 Å². The van der Waals surface area contributed by atoms with Crippen LogP contribution in [0.5, 0.6) is 11.5 Å². The summed E-state index contributed by atoms with van der Waals surface area (Å²) in [7, 11) is -3.51. The second-order valence-electron chi connectivity index (χ2n) is 6.94. The zero-order chi connectivity index (χ0) is 20.5. The van der Waals surface area contributed by atoms with E-state index in [1.54, 1.807) is 0 Å². The van der Waals surface area contributed by atoms with Crippen LogP contribution in [0.2, 0.25) is 0 Å². The number of ether oxygens (including phenoxy) is 2. The molecular formula is C22H30NO5P. The first kappa shape index (κ1) is 21.7. The molecule has 0 aromatic heterocycles. The maximum atomic E-state index is 14.0. The molecular weight excluding hydrogens is 389 g/mol. The van der Waals surface area contributed by atoms with Crippen molar-refractivity contribution < 1.29 is 23.1 Å². The van der Waals surface area contributed by atoms with Crippen LogP contribution in [0.3, 0.4) is 0 Å². The quantitative estimate of drug-likeness (QED) is 0.319. The third-order valence-electron chi connectivity index (χ3n) is 4.64. The van der Waals surface area contributed by atoms with Crippen molar-refractivity contribution >= 4 is 13.3 Å². The Labute approximate surface area is 173 Å². The van der Waals surface area contributed by atoms with Crippen molar-refractivity contribution in [3.8, 4) is 11.5 Å². The number of hydrogen-bond acceptors (Lipinski definition) is 6. The van der Waals surface area contributed by atoms with E-state index in [9.17, 15) is 4.57 Å². The lowest BCUT2D eigenvalue weighted by Gasteiger charge is -2.29. The van der Waals surface area contributed by atoms with Gasteiger partial charge in [0.05, 0.1) is 13.2 Å². The van der Waals surface area contributed by atoms with Crippen LogP contribution in [0.15, 0.2) is 48.5 Å². The highest BCUT2D eigenvalue weighted by Crippen LogP contribution is 2.61. The van der Waals surface area contributed by atoms with Crippen molar-refractivity contribution in [3.05, 3.63) is 54.1 Å². The van der Waals surface area contributed by atoms with E-state index in [1.807, 2.05) is 48.5 Å². The summed E-state index contributed by atoms with van der Waals surface area (Å²) in [4.78, 5) is 0. The van der Waals surface area contributed by atoms with Crippen LogP contribution in [0.1, 0.15) is 50.9 Å². The lowest BCUT2D eigenvalue weighted by molar-refractivity contribution is 0.174. The number of hydrogen-bond donors (Lipinski definition) is 1. The number of fused-ring (bicyclic) bond motifs is 1. The average molecular weight is 419 g/mol. The average Bonchev–Trinajstić information content (AvgIpc) is 3.21. The first-order valence-electron chi connectivity index (χ1n) is 10.3. The maximum absolute atomic E-state index is 14.0. The zero-order valence-corrected chi connectivity index (χ0v) is 18.0. The third kappa shape index (κ3) is 5.75. The number of anilines is 1. The molecule has 3 rings (SSSR count). The second-order valence-corrected chi connectivity index (χ2v) is 9.05. The standard InChI is InChI=1S/C22H30NO5P/c1-3-5-14-27-29(24,28-15-6-4-2)22(23-19-10-8-7-9-11-19)18-12-13-20-21(16-18)26-17-25-20/h7-13,16,22-23H,3-6,14-15,17H2,1-2H3/t22-/m0/s1. The van der Waals surface area contributed by atoms with Gasteiger partial charge in [-0.05, 0) is 42.7 Å². The van der Waals surface area contributed by atoms with Crippen molar-refractivity contribution in [1.29, 1.82) is 0 Å². The Morgan fingerprint density at radius 2 is 1.62 bits per heavy atom. The summed E-state index contributed by atoms with van der Waals surface area (Å²) in [5, 5.41) is 3.37. The fraction of sp³-hybridized carbons (Fsp3) is 0.455. The minimum atomic E-state index is -3.51. The van der Waals surface area contributed by atoms with Crippen molar-refractivity contribution in [2.75, 3.05) is 25.3 Å². The molecule has 0 fully saturated rings. The summed E-state index contributed by atoms with van der Waals surface area (Å²) in [5.41, 5.74) is 1.61. The molecule has 0 saturated carbocycles. The van der Waals surface area contributed by atoms with Gasteiger partial charge >= 0.3 is 7.60 Å². The van der Waals surface area contributed by atoms with Crippen LogP contribution in [-0.2, 0) is 13.6 Å². The number of nitrogens with one attached hydrogen (secondary N) is 1. The summed E-state index contributed by atoms with van der Waals surface area (Å²) in [6, 6.07) is 15.2. The molecule has 0 amide bonds. The zero-order valence-electron chi connectivity index (χ0n) is 17.1. The molecule has 0 unspecified atom stereocenters. The first-order valence-corrected chi connectivity index (χ1v) is 11.9. The van der Waals surface area contributed by atoms with Crippen LogP contribution < -0.4 is 14.8 Å². The van der Waals surface area contributed by atoms with Crippen molar-refractivity contribution in [1.82, 2.24) is 0 Å². The molecule has 0 bridgehead atoms. The Morgan fingerprint density at radius 3 is 2.28 bits per heavy atom. The first-order chi connectivity index (χ1) is 14.2. The molecule has 0 saturated heterocycles. The fourth-order valence-electron chi connectivity index (χ4n) is 2.98. The molecule has 1 N–H and O–H groups in total. The van der Waals surface area contributed by atoms with Gasteiger partial charge in [-0.1, -0.05) is 51.0 Å². The van der Waals surface area contributed by atoms with Crippen LogP contribution in [-0.4, -0.2) is 20.0 Å². The van der Waals surface area contributed by atoms with Crippen molar-refractivity contribution in [2.45, 2.75) is 45.3 Å². The molecule has 7 heteroatoms. The Bertz CT molecular complexity index is 800. The molecule has 0 spiro atoms. The van der Waals surface area contributed by atoms with Crippen molar-refractivity contribution in [2.24, 2.45) is 0 Å². The monoisotopic (exact) mass is 419 g/mol. The molecule has 1 heterocycles. The minimum absolute atomic E-state index is 0.188. The van der Waals surface area contributed by atoms with E-state index in [0.717, 1.165) is 36.9 Å². The Morgan fingerprint density at radius 1 is 0.966 bits per heavy atom. The van der Waals surface area contributed by atoms with Gasteiger partial charge in [-0.2, -0.15) is 0 Å². The molecule has 2 aromatic carbocycles. The molecule has 1 aliphatic rings. The van der Waals surface area contributed by atoms with Crippen LogP contribution >= 0.6 is 7.60 Å². The van der Waals surface area contributed by atoms with E-state index in [2.05, 4.69) is 19.2 Å². The van der Waals surface area contributed by atoms with Gasteiger partial charge in [-0.3, -0.25) is 4.57 Å². The third-order valence-corrected chi connectivity index (χ3v) is 6.79.